The van der Waals surface area contributed by atoms with Crippen LogP contribution in [0.4, 0.5) is 0 Å². The number of hydrogen-bond donors (Lipinski definition) is 3. The Hall–Kier alpha value is -4.20. The molecule has 162 valence electrons. The van der Waals surface area contributed by atoms with Crippen LogP contribution in [0.15, 0.2) is 73.1 Å². The van der Waals surface area contributed by atoms with Crippen LogP contribution in [0.1, 0.15) is 35.9 Å². The third kappa shape index (κ3) is 4.75. The minimum atomic E-state index is -0.728. The summed E-state index contributed by atoms with van der Waals surface area (Å²) < 4.78 is 5.74. The monoisotopic (exact) mass is 429 g/mol. The Bertz CT molecular complexity index is 1220. The van der Waals surface area contributed by atoms with Gasteiger partial charge in [0.15, 0.2) is 5.69 Å². The van der Waals surface area contributed by atoms with E-state index in [1.807, 2.05) is 61.5 Å². The largest absolute Gasteiger partial charge is 0.456 e. The average molecular weight is 429 g/mol. The van der Waals surface area contributed by atoms with Gasteiger partial charge in [-0.3, -0.25) is 19.7 Å². The molecule has 0 saturated carbocycles. The average Bonchev–Trinajstić information content (AvgIpc) is 3.24. The molecule has 0 aliphatic rings. The third-order valence-corrected chi connectivity index (χ3v) is 5.04. The zero-order valence-electron chi connectivity index (χ0n) is 17.7. The van der Waals surface area contributed by atoms with Crippen molar-refractivity contribution >= 4 is 22.7 Å². The van der Waals surface area contributed by atoms with Gasteiger partial charge in [0, 0.05) is 11.6 Å². The number of rotatable bonds is 7. The molecule has 2 aromatic carbocycles. The van der Waals surface area contributed by atoms with Crippen LogP contribution in [-0.4, -0.2) is 33.0 Å². The first kappa shape index (κ1) is 21.0. The minimum absolute atomic E-state index is 0.250. The number of nitrogens with zero attached hydrogens (tertiary/aromatic N) is 2. The summed E-state index contributed by atoms with van der Waals surface area (Å²) in [5.74, 6) is 0.624. The van der Waals surface area contributed by atoms with Crippen LogP contribution in [0.25, 0.3) is 10.9 Å². The second-order valence-corrected chi connectivity index (χ2v) is 7.40. The first-order valence-corrected chi connectivity index (χ1v) is 10.2. The second-order valence-electron chi connectivity index (χ2n) is 7.40. The highest BCUT2D eigenvalue weighted by atomic mass is 16.5. The van der Waals surface area contributed by atoms with Crippen molar-refractivity contribution in [3.63, 3.8) is 0 Å². The number of ether oxygens (including phenoxy) is 1. The molecule has 2 amide bonds. The van der Waals surface area contributed by atoms with Gasteiger partial charge in [-0.05, 0) is 49.7 Å². The van der Waals surface area contributed by atoms with E-state index in [-0.39, 0.29) is 17.6 Å². The highest BCUT2D eigenvalue weighted by molar-refractivity contribution is 6.05. The summed E-state index contributed by atoms with van der Waals surface area (Å²) in [6, 6.07) is 17.4. The van der Waals surface area contributed by atoms with E-state index in [1.54, 1.807) is 25.4 Å². The number of hydrogen-bond acceptors (Lipinski definition) is 5. The molecule has 4 aromatic rings. The van der Waals surface area contributed by atoms with Gasteiger partial charge < -0.3 is 15.4 Å². The lowest BCUT2D eigenvalue weighted by Crippen LogP contribution is -2.45. The standard InChI is InChI=1S/C24H23N5O3/c1-15(17-9-11-18(12-10-17)32-19-6-5-13-25-14-19)26-23(30)16(2)27-24(31)22-20-7-3-4-8-21(20)28-29-22/h3-16H,1-2H3,(H,26,30)(H,27,31)(H,28,29). The van der Waals surface area contributed by atoms with Crippen LogP contribution in [0, 0.1) is 0 Å². The number of benzene rings is 2. The molecule has 0 aliphatic carbocycles. The topological polar surface area (TPSA) is 109 Å². The molecule has 0 aliphatic heterocycles. The van der Waals surface area contributed by atoms with Crippen molar-refractivity contribution in [3.8, 4) is 11.5 Å². The molecule has 32 heavy (non-hydrogen) atoms. The van der Waals surface area contributed by atoms with E-state index >= 15 is 0 Å². The summed E-state index contributed by atoms with van der Waals surface area (Å²) in [5, 5.41) is 13.2. The number of nitrogens with one attached hydrogen (secondary N) is 3. The first-order chi connectivity index (χ1) is 15.5. The van der Waals surface area contributed by atoms with Gasteiger partial charge in [-0.15, -0.1) is 0 Å². The summed E-state index contributed by atoms with van der Waals surface area (Å²) in [5.41, 5.74) is 1.94. The Morgan fingerprint density at radius 3 is 2.47 bits per heavy atom. The molecule has 0 bridgehead atoms. The van der Waals surface area contributed by atoms with E-state index in [1.165, 1.54) is 0 Å². The summed E-state index contributed by atoms with van der Waals surface area (Å²) in [7, 11) is 0. The number of carbonyl (C=O) groups is 2. The van der Waals surface area contributed by atoms with Gasteiger partial charge >= 0.3 is 0 Å². The second kappa shape index (κ2) is 9.30. The lowest BCUT2D eigenvalue weighted by Gasteiger charge is -2.19. The number of para-hydroxylation sites is 1. The summed E-state index contributed by atoms with van der Waals surface area (Å²) in [6.07, 6.45) is 3.32. The molecule has 0 fully saturated rings. The van der Waals surface area contributed by atoms with Crippen molar-refractivity contribution in [1.82, 2.24) is 25.8 Å². The normalized spacial score (nSPS) is 12.7. The summed E-state index contributed by atoms with van der Waals surface area (Å²) >= 11 is 0. The van der Waals surface area contributed by atoms with Crippen LogP contribution in [0.5, 0.6) is 11.5 Å². The number of H-pyrrole nitrogens is 1. The minimum Gasteiger partial charge on any atom is -0.456 e. The van der Waals surface area contributed by atoms with Crippen LogP contribution < -0.4 is 15.4 Å². The number of carbonyl (C=O) groups excluding carboxylic acids is 2. The lowest BCUT2D eigenvalue weighted by atomic mass is 10.1. The molecule has 8 heteroatoms. The summed E-state index contributed by atoms with van der Waals surface area (Å²) in [4.78, 5) is 29.2. The predicted molar refractivity (Wildman–Crippen MR) is 120 cm³/mol. The predicted octanol–water partition coefficient (Wildman–Crippen LogP) is 3.75. The molecular weight excluding hydrogens is 406 g/mol. The molecule has 4 rings (SSSR count). The molecule has 0 saturated heterocycles. The maximum absolute atomic E-state index is 12.6. The van der Waals surface area contributed by atoms with Crippen LogP contribution >= 0.6 is 0 Å². The highest BCUT2D eigenvalue weighted by Gasteiger charge is 2.21. The number of pyridine rings is 1. The molecule has 2 aromatic heterocycles. The van der Waals surface area contributed by atoms with Crippen LogP contribution in [0.2, 0.25) is 0 Å². The van der Waals surface area contributed by atoms with Crippen molar-refractivity contribution in [1.29, 1.82) is 0 Å². The van der Waals surface area contributed by atoms with Gasteiger partial charge in [-0.2, -0.15) is 5.10 Å². The molecule has 2 atom stereocenters. The van der Waals surface area contributed by atoms with Gasteiger partial charge in [-0.1, -0.05) is 30.3 Å². The van der Waals surface area contributed by atoms with E-state index in [4.69, 9.17) is 4.74 Å². The zero-order chi connectivity index (χ0) is 22.5. The zero-order valence-corrected chi connectivity index (χ0v) is 17.7. The maximum Gasteiger partial charge on any atom is 0.273 e. The Kier molecular flexibility index (Phi) is 6.12. The quantitative estimate of drug-likeness (QED) is 0.415. The third-order valence-electron chi connectivity index (χ3n) is 5.04. The van der Waals surface area contributed by atoms with Crippen molar-refractivity contribution in [2.45, 2.75) is 25.9 Å². The van der Waals surface area contributed by atoms with Crippen LogP contribution in [0.3, 0.4) is 0 Å². The van der Waals surface area contributed by atoms with Crippen molar-refractivity contribution in [2.24, 2.45) is 0 Å². The lowest BCUT2D eigenvalue weighted by molar-refractivity contribution is -0.123. The number of aromatic nitrogens is 3. The smallest absolute Gasteiger partial charge is 0.273 e. The highest BCUT2D eigenvalue weighted by Crippen LogP contribution is 2.22. The van der Waals surface area contributed by atoms with Gasteiger partial charge in [0.1, 0.15) is 17.5 Å². The van der Waals surface area contributed by atoms with E-state index in [9.17, 15) is 9.59 Å². The molecule has 0 spiro atoms. The molecule has 2 heterocycles. The Balaban J connectivity index is 1.34. The Morgan fingerprint density at radius 1 is 0.938 bits per heavy atom. The fourth-order valence-electron chi connectivity index (χ4n) is 3.26. The molecule has 2 unspecified atom stereocenters. The maximum atomic E-state index is 12.6. The van der Waals surface area contributed by atoms with E-state index in [0.29, 0.717) is 16.9 Å². The van der Waals surface area contributed by atoms with E-state index in [0.717, 1.165) is 11.1 Å². The molecular formula is C24H23N5O3. The number of amides is 2. The van der Waals surface area contributed by atoms with Gasteiger partial charge in [0.2, 0.25) is 5.91 Å². The van der Waals surface area contributed by atoms with Crippen LogP contribution in [-0.2, 0) is 4.79 Å². The van der Waals surface area contributed by atoms with Gasteiger partial charge in [0.05, 0.1) is 17.8 Å². The number of aromatic amines is 1. The summed E-state index contributed by atoms with van der Waals surface area (Å²) in [6.45, 7) is 3.52. The van der Waals surface area contributed by atoms with E-state index in [2.05, 4.69) is 25.8 Å². The fourth-order valence-corrected chi connectivity index (χ4v) is 3.26. The first-order valence-electron chi connectivity index (χ1n) is 10.2. The van der Waals surface area contributed by atoms with E-state index < -0.39 is 11.9 Å². The Labute approximate surface area is 185 Å². The fraction of sp³-hybridized carbons (Fsp3) is 0.167. The van der Waals surface area contributed by atoms with Crippen molar-refractivity contribution in [3.05, 3.63) is 84.3 Å². The number of fused-ring (bicyclic) bond motifs is 1. The SMILES string of the molecule is CC(NC(=O)c1n[nH]c2ccccc12)C(=O)NC(C)c1ccc(Oc2cccnc2)cc1. The van der Waals surface area contributed by atoms with Gasteiger partial charge in [-0.25, -0.2) is 0 Å². The van der Waals surface area contributed by atoms with Gasteiger partial charge in [0.25, 0.3) is 5.91 Å². The molecule has 8 nitrogen and oxygen atoms in total. The Morgan fingerprint density at radius 2 is 1.72 bits per heavy atom. The van der Waals surface area contributed by atoms with Crippen molar-refractivity contribution in [2.75, 3.05) is 0 Å². The molecule has 0 radical (unpaired) electrons. The van der Waals surface area contributed by atoms with Crippen molar-refractivity contribution < 1.29 is 14.3 Å². The molecule has 3 N–H and O–H groups in total.